The summed E-state index contributed by atoms with van der Waals surface area (Å²) in [5, 5.41) is 17.8. The van der Waals surface area contributed by atoms with Crippen LogP contribution in [0.15, 0.2) is 48.5 Å². The number of ether oxygens (including phenoxy) is 1. The molecule has 2 aromatic carbocycles. The molecule has 0 unspecified atom stereocenters. The van der Waals surface area contributed by atoms with Crippen LogP contribution in [0.2, 0.25) is 0 Å². The van der Waals surface area contributed by atoms with Crippen molar-refractivity contribution in [2.24, 2.45) is 5.92 Å². The Hall–Kier alpha value is -3.51. The SMILES string of the molecule is CCCCN(C(=O)c1ccccc1)c1nnc(-c2ccc(OCCN3CCC(CC(=O)O)CC3)c(C(F)(F)F)c2)s1. The first kappa shape index (κ1) is 30.4. The highest BCUT2D eigenvalue weighted by Crippen LogP contribution is 2.40. The lowest BCUT2D eigenvalue weighted by molar-refractivity contribution is -0.139. The molecule has 41 heavy (non-hydrogen) atoms. The maximum absolute atomic E-state index is 14.0. The number of carboxylic acids is 1. The number of carboxylic acid groups (broad SMARTS) is 1. The topological polar surface area (TPSA) is 95.9 Å². The van der Waals surface area contributed by atoms with Crippen molar-refractivity contribution in [3.63, 3.8) is 0 Å². The molecule has 1 aromatic heterocycles. The van der Waals surface area contributed by atoms with Crippen molar-refractivity contribution >= 4 is 28.3 Å². The molecule has 1 aliphatic rings. The minimum absolute atomic E-state index is 0.0724. The molecular formula is C29H33F3N4O4S. The van der Waals surface area contributed by atoms with Gasteiger partial charge in [-0.3, -0.25) is 19.4 Å². The van der Waals surface area contributed by atoms with Gasteiger partial charge in [-0.25, -0.2) is 0 Å². The van der Waals surface area contributed by atoms with Crippen LogP contribution in [0.4, 0.5) is 18.3 Å². The molecule has 1 saturated heterocycles. The molecule has 220 valence electrons. The highest BCUT2D eigenvalue weighted by atomic mass is 32.1. The van der Waals surface area contributed by atoms with Crippen LogP contribution >= 0.6 is 11.3 Å². The maximum Gasteiger partial charge on any atom is 0.419 e. The van der Waals surface area contributed by atoms with E-state index in [2.05, 4.69) is 15.1 Å². The Kier molecular flexibility index (Phi) is 10.3. The van der Waals surface area contributed by atoms with E-state index >= 15 is 0 Å². The Labute approximate surface area is 240 Å². The van der Waals surface area contributed by atoms with Gasteiger partial charge in [-0.05, 0) is 68.6 Å². The fourth-order valence-electron chi connectivity index (χ4n) is 4.73. The smallest absolute Gasteiger partial charge is 0.419 e. The third kappa shape index (κ3) is 8.26. The predicted molar refractivity (Wildman–Crippen MR) is 150 cm³/mol. The number of hydrogen-bond donors (Lipinski definition) is 1. The van der Waals surface area contributed by atoms with Gasteiger partial charge in [0.2, 0.25) is 5.13 Å². The molecule has 0 radical (unpaired) electrons. The summed E-state index contributed by atoms with van der Waals surface area (Å²) in [6.45, 7) is 4.31. The van der Waals surface area contributed by atoms with Crippen LogP contribution in [0.1, 0.15) is 54.9 Å². The first-order valence-electron chi connectivity index (χ1n) is 13.6. The van der Waals surface area contributed by atoms with Crippen LogP contribution in [0.25, 0.3) is 10.6 Å². The molecule has 3 aromatic rings. The van der Waals surface area contributed by atoms with Crippen LogP contribution in [0, 0.1) is 5.92 Å². The predicted octanol–water partition coefficient (Wildman–Crippen LogP) is 6.24. The number of amides is 1. The van der Waals surface area contributed by atoms with Crippen LogP contribution in [0.3, 0.4) is 0 Å². The molecule has 2 heterocycles. The molecule has 1 fully saturated rings. The highest BCUT2D eigenvalue weighted by Gasteiger charge is 2.35. The largest absolute Gasteiger partial charge is 0.492 e. The third-order valence-corrected chi connectivity index (χ3v) is 8.01. The molecule has 0 aliphatic carbocycles. The molecule has 1 amide bonds. The van der Waals surface area contributed by atoms with Gasteiger partial charge in [-0.2, -0.15) is 13.2 Å². The first-order chi connectivity index (χ1) is 19.7. The number of anilines is 1. The van der Waals surface area contributed by atoms with Gasteiger partial charge in [-0.1, -0.05) is 42.9 Å². The average molecular weight is 591 g/mol. The Bertz CT molecular complexity index is 1310. The summed E-state index contributed by atoms with van der Waals surface area (Å²) in [4.78, 5) is 27.7. The van der Waals surface area contributed by atoms with Crippen molar-refractivity contribution in [3.8, 4) is 16.3 Å². The van der Waals surface area contributed by atoms with E-state index < -0.39 is 17.7 Å². The van der Waals surface area contributed by atoms with Gasteiger partial charge in [0.25, 0.3) is 5.91 Å². The van der Waals surface area contributed by atoms with Gasteiger partial charge >= 0.3 is 12.1 Å². The number of nitrogens with zero attached hydrogens (tertiary/aromatic N) is 4. The Morgan fingerprint density at radius 2 is 1.85 bits per heavy atom. The van der Waals surface area contributed by atoms with E-state index in [1.807, 2.05) is 13.0 Å². The second-order valence-electron chi connectivity index (χ2n) is 10.0. The number of rotatable bonds is 12. The normalized spacial score (nSPS) is 14.6. The van der Waals surface area contributed by atoms with Gasteiger partial charge in [0, 0.05) is 30.6 Å². The quantitative estimate of drug-likeness (QED) is 0.267. The van der Waals surface area contributed by atoms with Crippen LogP contribution in [-0.4, -0.2) is 64.9 Å². The number of piperidine rings is 1. The monoisotopic (exact) mass is 590 g/mol. The highest BCUT2D eigenvalue weighted by molar-refractivity contribution is 7.18. The van der Waals surface area contributed by atoms with Crippen LogP contribution in [0.5, 0.6) is 5.75 Å². The summed E-state index contributed by atoms with van der Waals surface area (Å²) in [5.74, 6) is -1.19. The summed E-state index contributed by atoms with van der Waals surface area (Å²) in [6, 6.07) is 12.6. The number of hydrogen-bond acceptors (Lipinski definition) is 7. The Morgan fingerprint density at radius 1 is 1.12 bits per heavy atom. The third-order valence-electron chi connectivity index (χ3n) is 7.01. The first-order valence-corrected chi connectivity index (χ1v) is 14.5. The molecule has 0 bridgehead atoms. The molecule has 0 atom stereocenters. The van der Waals surface area contributed by atoms with E-state index in [0.29, 0.717) is 36.9 Å². The van der Waals surface area contributed by atoms with Crippen molar-refractivity contribution < 1.29 is 32.6 Å². The number of aromatic nitrogens is 2. The van der Waals surface area contributed by atoms with Gasteiger partial charge in [0.1, 0.15) is 17.4 Å². The van der Waals surface area contributed by atoms with Crippen LogP contribution < -0.4 is 9.64 Å². The van der Waals surface area contributed by atoms with Crippen molar-refractivity contribution in [1.29, 1.82) is 0 Å². The number of carbonyl (C=O) groups excluding carboxylic acids is 1. The van der Waals surface area contributed by atoms with Gasteiger partial charge in [0.15, 0.2) is 0 Å². The molecular weight excluding hydrogens is 557 g/mol. The van der Waals surface area contributed by atoms with E-state index in [4.69, 9.17) is 9.84 Å². The van der Waals surface area contributed by atoms with Gasteiger partial charge in [-0.15, -0.1) is 10.2 Å². The zero-order valence-corrected chi connectivity index (χ0v) is 23.6. The second kappa shape index (κ2) is 13.9. The van der Waals surface area contributed by atoms with E-state index in [1.54, 1.807) is 24.3 Å². The minimum atomic E-state index is -4.65. The number of carbonyl (C=O) groups is 2. The molecule has 0 spiro atoms. The van der Waals surface area contributed by atoms with Crippen LogP contribution in [-0.2, 0) is 11.0 Å². The van der Waals surface area contributed by atoms with E-state index in [1.165, 1.54) is 17.0 Å². The van der Waals surface area contributed by atoms with Gasteiger partial charge < -0.3 is 9.84 Å². The van der Waals surface area contributed by atoms with E-state index in [0.717, 1.165) is 43.1 Å². The Morgan fingerprint density at radius 3 is 2.51 bits per heavy atom. The summed E-state index contributed by atoms with van der Waals surface area (Å²) in [6.07, 6.45) is -1.44. The molecule has 1 aliphatic heterocycles. The van der Waals surface area contributed by atoms with Crippen molar-refractivity contribution in [3.05, 3.63) is 59.7 Å². The summed E-state index contributed by atoms with van der Waals surface area (Å²) in [7, 11) is 0. The number of unbranched alkanes of at least 4 members (excludes halogenated alkanes) is 1. The summed E-state index contributed by atoms with van der Waals surface area (Å²) >= 11 is 1.06. The van der Waals surface area contributed by atoms with E-state index in [9.17, 15) is 22.8 Å². The zero-order chi connectivity index (χ0) is 29.4. The fraction of sp³-hybridized carbons (Fsp3) is 0.448. The van der Waals surface area contributed by atoms with Crippen molar-refractivity contribution in [1.82, 2.24) is 15.1 Å². The second-order valence-corrected chi connectivity index (χ2v) is 11.0. The zero-order valence-electron chi connectivity index (χ0n) is 22.8. The average Bonchev–Trinajstić information content (AvgIpc) is 3.44. The minimum Gasteiger partial charge on any atom is -0.492 e. The molecule has 4 rings (SSSR count). The number of alkyl halides is 3. The summed E-state index contributed by atoms with van der Waals surface area (Å²) < 4.78 is 47.6. The maximum atomic E-state index is 14.0. The van der Waals surface area contributed by atoms with E-state index in [-0.39, 0.29) is 41.2 Å². The lowest BCUT2D eigenvalue weighted by Crippen LogP contribution is -2.37. The molecule has 12 heteroatoms. The molecule has 1 N–H and O–H groups in total. The molecule has 0 saturated carbocycles. The van der Waals surface area contributed by atoms with Crippen molar-refractivity contribution in [2.75, 3.05) is 37.7 Å². The molecule has 8 nitrogen and oxygen atoms in total. The number of aliphatic carboxylic acids is 1. The number of likely N-dealkylation sites (tertiary alicyclic amines) is 1. The number of benzene rings is 2. The lowest BCUT2D eigenvalue weighted by atomic mass is 9.94. The van der Waals surface area contributed by atoms with Gasteiger partial charge in [0.05, 0.1) is 5.56 Å². The fourth-order valence-corrected chi connectivity index (χ4v) is 5.60. The van der Waals surface area contributed by atoms with Crippen molar-refractivity contribution in [2.45, 2.75) is 45.2 Å². The summed E-state index contributed by atoms with van der Waals surface area (Å²) in [5.41, 5.74) is -0.183. The lowest BCUT2D eigenvalue weighted by Gasteiger charge is -2.31. The standard InChI is InChI=1S/C29H33F3N4O4S/c1-2-3-13-36(27(39)21-7-5-4-6-8-21)28-34-33-26(41-28)22-9-10-24(23(19-22)29(30,31)32)40-17-16-35-14-11-20(12-15-35)18-25(37)38/h4-10,19-20H,2-3,11-18H2,1H3,(H,37,38). The number of halogens is 3. The Balaban J connectivity index is 1.46.